The minimum atomic E-state index is -1.09. The van der Waals surface area contributed by atoms with Crippen LogP contribution in [0.4, 0.5) is 0 Å². The quantitative estimate of drug-likeness (QED) is 0.768. The largest absolute Gasteiger partial charge is 0.393 e. The van der Waals surface area contributed by atoms with Crippen molar-refractivity contribution >= 4 is 0 Å². The maximum atomic E-state index is 10.2. The fourth-order valence-electron chi connectivity index (χ4n) is 1.70. The van der Waals surface area contributed by atoms with Gasteiger partial charge in [0.1, 0.15) is 5.60 Å². The molecule has 0 radical (unpaired) electrons. The lowest BCUT2D eigenvalue weighted by Crippen LogP contribution is -2.31. The molecule has 0 aliphatic carbocycles. The Kier molecular flexibility index (Phi) is 3.67. The lowest BCUT2D eigenvalue weighted by atomic mass is 9.86. The van der Waals surface area contributed by atoms with Crippen molar-refractivity contribution in [2.24, 2.45) is 5.92 Å². The Balaban J connectivity index is 2.90. The SMILES string of the molecule is CC(C)C[C@@](O)(CO)c1ccccc1. The van der Waals surface area contributed by atoms with E-state index in [-0.39, 0.29) is 6.61 Å². The van der Waals surface area contributed by atoms with Gasteiger partial charge >= 0.3 is 0 Å². The Morgan fingerprint density at radius 1 is 1.21 bits per heavy atom. The van der Waals surface area contributed by atoms with Crippen molar-refractivity contribution in [1.29, 1.82) is 0 Å². The molecule has 0 fully saturated rings. The normalized spacial score (nSPS) is 15.5. The summed E-state index contributed by atoms with van der Waals surface area (Å²) in [6.45, 7) is 3.84. The third-order valence-corrected chi connectivity index (χ3v) is 2.32. The number of hydrogen-bond donors (Lipinski definition) is 2. The van der Waals surface area contributed by atoms with Gasteiger partial charge in [-0.25, -0.2) is 0 Å². The van der Waals surface area contributed by atoms with Crippen LogP contribution < -0.4 is 0 Å². The number of rotatable bonds is 4. The van der Waals surface area contributed by atoms with Gasteiger partial charge in [-0.3, -0.25) is 0 Å². The maximum Gasteiger partial charge on any atom is 0.113 e. The highest BCUT2D eigenvalue weighted by Crippen LogP contribution is 2.27. The first-order chi connectivity index (χ1) is 6.58. The Bertz CT molecular complexity index is 269. The molecule has 0 spiro atoms. The highest BCUT2D eigenvalue weighted by molar-refractivity contribution is 5.22. The topological polar surface area (TPSA) is 40.5 Å². The van der Waals surface area contributed by atoms with E-state index >= 15 is 0 Å². The van der Waals surface area contributed by atoms with Crippen LogP contribution >= 0.6 is 0 Å². The first kappa shape index (κ1) is 11.2. The second-order valence-corrected chi connectivity index (χ2v) is 4.15. The summed E-state index contributed by atoms with van der Waals surface area (Å²) >= 11 is 0. The molecule has 0 aliphatic rings. The van der Waals surface area contributed by atoms with Crippen LogP contribution in [0.3, 0.4) is 0 Å². The van der Waals surface area contributed by atoms with Crippen LogP contribution in [0.25, 0.3) is 0 Å². The van der Waals surface area contributed by atoms with Gasteiger partial charge in [-0.15, -0.1) is 0 Å². The van der Waals surface area contributed by atoms with E-state index in [0.717, 1.165) is 5.56 Å². The Morgan fingerprint density at radius 2 is 1.79 bits per heavy atom. The smallest absolute Gasteiger partial charge is 0.113 e. The predicted molar refractivity (Wildman–Crippen MR) is 56.9 cm³/mol. The van der Waals surface area contributed by atoms with Gasteiger partial charge in [-0.1, -0.05) is 44.2 Å². The molecule has 1 aromatic rings. The lowest BCUT2D eigenvalue weighted by molar-refractivity contribution is -0.0352. The van der Waals surface area contributed by atoms with Crippen molar-refractivity contribution < 1.29 is 10.2 Å². The van der Waals surface area contributed by atoms with Gasteiger partial charge < -0.3 is 10.2 Å². The number of hydrogen-bond acceptors (Lipinski definition) is 2. The molecule has 0 amide bonds. The molecule has 0 saturated heterocycles. The molecule has 0 heterocycles. The molecule has 0 aliphatic heterocycles. The van der Waals surface area contributed by atoms with Crippen molar-refractivity contribution in [2.75, 3.05) is 6.61 Å². The van der Waals surface area contributed by atoms with Gasteiger partial charge in [0, 0.05) is 0 Å². The summed E-state index contributed by atoms with van der Waals surface area (Å²) in [6.07, 6.45) is 0.577. The summed E-state index contributed by atoms with van der Waals surface area (Å²) in [7, 11) is 0. The zero-order valence-electron chi connectivity index (χ0n) is 8.77. The second-order valence-electron chi connectivity index (χ2n) is 4.15. The predicted octanol–water partition coefficient (Wildman–Crippen LogP) is 1.91. The van der Waals surface area contributed by atoms with Gasteiger partial charge in [-0.05, 0) is 17.9 Å². The highest BCUT2D eigenvalue weighted by Gasteiger charge is 2.28. The van der Waals surface area contributed by atoms with Crippen molar-refractivity contribution in [2.45, 2.75) is 25.9 Å². The Labute approximate surface area is 85.2 Å². The average Bonchev–Trinajstić information content (AvgIpc) is 2.18. The van der Waals surface area contributed by atoms with Crippen molar-refractivity contribution in [3.05, 3.63) is 35.9 Å². The van der Waals surface area contributed by atoms with Crippen LogP contribution in [0.1, 0.15) is 25.8 Å². The van der Waals surface area contributed by atoms with Crippen molar-refractivity contribution in [3.8, 4) is 0 Å². The molecule has 2 N–H and O–H groups in total. The molecular formula is C12H18O2. The van der Waals surface area contributed by atoms with Crippen molar-refractivity contribution in [1.82, 2.24) is 0 Å². The Morgan fingerprint density at radius 3 is 2.21 bits per heavy atom. The van der Waals surface area contributed by atoms with E-state index in [0.29, 0.717) is 12.3 Å². The Hall–Kier alpha value is -0.860. The molecule has 1 atom stereocenters. The second kappa shape index (κ2) is 4.58. The summed E-state index contributed by atoms with van der Waals surface area (Å²) in [5.74, 6) is 0.354. The molecule has 2 heteroatoms. The number of benzene rings is 1. The van der Waals surface area contributed by atoms with Crippen LogP contribution in [0.2, 0.25) is 0 Å². The van der Waals surface area contributed by atoms with Gasteiger partial charge in [-0.2, -0.15) is 0 Å². The monoisotopic (exact) mass is 194 g/mol. The number of aliphatic hydroxyl groups excluding tert-OH is 1. The van der Waals surface area contributed by atoms with Gasteiger partial charge in [0.25, 0.3) is 0 Å². The minimum absolute atomic E-state index is 0.227. The van der Waals surface area contributed by atoms with E-state index in [1.165, 1.54) is 0 Å². The summed E-state index contributed by atoms with van der Waals surface area (Å²) in [5, 5.41) is 19.4. The molecule has 0 saturated carbocycles. The van der Waals surface area contributed by atoms with Gasteiger partial charge in [0.05, 0.1) is 6.61 Å². The third-order valence-electron chi connectivity index (χ3n) is 2.32. The summed E-state index contributed by atoms with van der Waals surface area (Å²) in [6, 6.07) is 9.33. The maximum absolute atomic E-state index is 10.2. The summed E-state index contributed by atoms with van der Waals surface area (Å²) < 4.78 is 0. The zero-order valence-corrected chi connectivity index (χ0v) is 8.77. The van der Waals surface area contributed by atoms with Crippen LogP contribution in [-0.4, -0.2) is 16.8 Å². The van der Waals surface area contributed by atoms with Crippen LogP contribution in [0, 0.1) is 5.92 Å². The van der Waals surface area contributed by atoms with Crippen LogP contribution in [0.5, 0.6) is 0 Å². The van der Waals surface area contributed by atoms with Crippen LogP contribution in [0.15, 0.2) is 30.3 Å². The summed E-state index contributed by atoms with van der Waals surface area (Å²) in [5.41, 5.74) is -0.300. The van der Waals surface area contributed by atoms with E-state index in [1.807, 2.05) is 44.2 Å². The molecule has 78 valence electrons. The molecule has 0 unspecified atom stereocenters. The molecule has 2 nitrogen and oxygen atoms in total. The summed E-state index contributed by atoms with van der Waals surface area (Å²) in [4.78, 5) is 0. The molecule has 1 aromatic carbocycles. The zero-order chi connectivity index (χ0) is 10.6. The van der Waals surface area contributed by atoms with E-state index in [9.17, 15) is 10.2 Å². The fraction of sp³-hybridized carbons (Fsp3) is 0.500. The molecule has 0 bridgehead atoms. The first-order valence-corrected chi connectivity index (χ1v) is 4.97. The van der Waals surface area contributed by atoms with E-state index in [4.69, 9.17) is 0 Å². The first-order valence-electron chi connectivity index (χ1n) is 4.97. The lowest BCUT2D eigenvalue weighted by Gasteiger charge is -2.28. The molecule has 0 aromatic heterocycles. The number of aliphatic hydroxyl groups is 2. The molecule has 14 heavy (non-hydrogen) atoms. The van der Waals surface area contributed by atoms with E-state index < -0.39 is 5.60 Å². The highest BCUT2D eigenvalue weighted by atomic mass is 16.3. The van der Waals surface area contributed by atoms with E-state index in [1.54, 1.807) is 0 Å². The molecule has 1 rings (SSSR count). The van der Waals surface area contributed by atoms with Crippen molar-refractivity contribution in [3.63, 3.8) is 0 Å². The standard InChI is InChI=1S/C12H18O2/c1-10(2)8-12(14,9-13)11-6-4-3-5-7-11/h3-7,10,13-14H,8-9H2,1-2H3/t12-/m1/s1. The minimum Gasteiger partial charge on any atom is -0.393 e. The van der Waals surface area contributed by atoms with Gasteiger partial charge in [0.2, 0.25) is 0 Å². The molecular weight excluding hydrogens is 176 g/mol. The van der Waals surface area contributed by atoms with Gasteiger partial charge in [0.15, 0.2) is 0 Å². The van der Waals surface area contributed by atoms with Crippen LogP contribution in [-0.2, 0) is 5.60 Å². The fourth-order valence-corrected chi connectivity index (χ4v) is 1.70. The van der Waals surface area contributed by atoms with E-state index in [2.05, 4.69) is 0 Å². The third kappa shape index (κ3) is 2.56. The average molecular weight is 194 g/mol.